The molecule has 0 saturated carbocycles. The van der Waals surface area contributed by atoms with E-state index in [1.165, 1.54) is 5.56 Å². The van der Waals surface area contributed by atoms with Crippen LogP contribution >= 0.6 is 0 Å². The second kappa shape index (κ2) is 6.17. The van der Waals surface area contributed by atoms with Gasteiger partial charge in [0.2, 0.25) is 0 Å². The second-order valence-corrected chi connectivity index (χ2v) is 5.28. The van der Waals surface area contributed by atoms with Gasteiger partial charge in [-0.05, 0) is 56.4 Å². The maximum absolute atomic E-state index is 12.6. The molecule has 1 aromatic rings. The van der Waals surface area contributed by atoms with Crippen molar-refractivity contribution in [3.63, 3.8) is 0 Å². The molecular formula is C15H22N2O2. The predicted molar refractivity (Wildman–Crippen MR) is 74.7 cm³/mol. The van der Waals surface area contributed by atoms with Crippen molar-refractivity contribution in [2.45, 2.75) is 39.2 Å². The SMILES string of the molecule is Cc1ccc(C(=O)N2CCCCC2CON)cc1C. The Labute approximate surface area is 114 Å². The number of nitrogens with zero attached hydrogens (tertiary/aromatic N) is 1. The molecule has 1 amide bonds. The van der Waals surface area contributed by atoms with Gasteiger partial charge in [-0.25, -0.2) is 5.90 Å². The van der Waals surface area contributed by atoms with Crippen molar-refractivity contribution in [1.29, 1.82) is 0 Å². The maximum Gasteiger partial charge on any atom is 0.254 e. The Morgan fingerprint density at radius 2 is 2.16 bits per heavy atom. The van der Waals surface area contributed by atoms with E-state index >= 15 is 0 Å². The number of piperidine rings is 1. The monoisotopic (exact) mass is 262 g/mol. The average Bonchev–Trinajstić information content (AvgIpc) is 2.42. The molecule has 1 fully saturated rings. The molecule has 2 rings (SSSR count). The molecule has 0 spiro atoms. The van der Waals surface area contributed by atoms with Gasteiger partial charge in [-0.1, -0.05) is 6.07 Å². The zero-order valence-electron chi connectivity index (χ0n) is 11.7. The Kier molecular flexibility index (Phi) is 4.56. The van der Waals surface area contributed by atoms with Gasteiger partial charge in [0.15, 0.2) is 0 Å². The van der Waals surface area contributed by atoms with Crippen LogP contribution in [0.15, 0.2) is 18.2 Å². The molecule has 0 bridgehead atoms. The molecule has 1 heterocycles. The van der Waals surface area contributed by atoms with Crippen LogP contribution in [0.4, 0.5) is 0 Å². The fourth-order valence-electron chi connectivity index (χ4n) is 2.59. The first-order valence-corrected chi connectivity index (χ1v) is 6.83. The van der Waals surface area contributed by atoms with Crippen molar-refractivity contribution in [2.75, 3.05) is 13.2 Å². The first-order valence-electron chi connectivity index (χ1n) is 6.83. The zero-order valence-corrected chi connectivity index (χ0v) is 11.7. The van der Waals surface area contributed by atoms with E-state index in [1.54, 1.807) is 0 Å². The summed E-state index contributed by atoms with van der Waals surface area (Å²) in [6.45, 7) is 5.29. The van der Waals surface area contributed by atoms with E-state index in [2.05, 4.69) is 6.92 Å². The minimum atomic E-state index is 0.0878. The smallest absolute Gasteiger partial charge is 0.254 e. The average molecular weight is 262 g/mol. The van der Waals surface area contributed by atoms with Gasteiger partial charge in [0, 0.05) is 12.1 Å². The fourth-order valence-corrected chi connectivity index (χ4v) is 2.59. The molecule has 0 aliphatic carbocycles. The second-order valence-electron chi connectivity index (χ2n) is 5.28. The van der Waals surface area contributed by atoms with Gasteiger partial charge in [0.1, 0.15) is 0 Å². The number of carbonyl (C=O) groups is 1. The normalized spacial score (nSPS) is 19.5. The van der Waals surface area contributed by atoms with Crippen LogP contribution in [-0.2, 0) is 4.84 Å². The molecule has 1 aromatic carbocycles. The summed E-state index contributed by atoms with van der Waals surface area (Å²) in [4.78, 5) is 19.2. The van der Waals surface area contributed by atoms with Gasteiger partial charge >= 0.3 is 0 Å². The number of benzene rings is 1. The molecule has 2 N–H and O–H groups in total. The van der Waals surface area contributed by atoms with E-state index in [4.69, 9.17) is 10.7 Å². The third-order valence-corrected chi connectivity index (χ3v) is 3.93. The summed E-state index contributed by atoms with van der Waals surface area (Å²) < 4.78 is 0. The summed E-state index contributed by atoms with van der Waals surface area (Å²) in [5.41, 5.74) is 3.11. The lowest BCUT2D eigenvalue weighted by Gasteiger charge is -2.35. The molecule has 1 aliphatic heterocycles. The van der Waals surface area contributed by atoms with Gasteiger partial charge in [0.05, 0.1) is 12.6 Å². The molecule has 1 saturated heterocycles. The third kappa shape index (κ3) is 3.14. The summed E-state index contributed by atoms with van der Waals surface area (Å²) in [6, 6.07) is 5.97. The Hall–Kier alpha value is -1.39. The van der Waals surface area contributed by atoms with Crippen molar-refractivity contribution in [3.8, 4) is 0 Å². The van der Waals surface area contributed by atoms with Crippen LogP contribution in [0.1, 0.15) is 40.7 Å². The first kappa shape index (κ1) is 14.0. The van der Waals surface area contributed by atoms with Crippen molar-refractivity contribution in [3.05, 3.63) is 34.9 Å². The van der Waals surface area contributed by atoms with Crippen LogP contribution in [0.3, 0.4) is 0 Å². The number of hydrogen-bond donors (Lipinski definition) is 1. The lowest BCUT2D eigenvalue weighted by Crippen LogP contribution is -2.46. The largest absolute Gasteiger partial charge is 0.333 e. The van der Waals surface area contributed by atoms with Gasteiger partial charge in [-0.3, -0.25) is 4.79 Å². The Morgan fingerprint density at radius 1 is 1.37 bits per heavy atom. The van der Waals surface area contributed by atoms with Crippen LogP contribution in [0.2, 0.25) is 0 Å². The standard InChI is InChI=1S/C15H22N2O2/c1-11-6-7-13(9-12(11)2)15(18)17-8-4-3-5-14(17)10-19-16/h6-7,9,14H,3-5,8,10,16H2,1-2H3. The molecular weight excluding hydrogens is 240 g/mol. The molecule has 4 heteroatoms. The fraction of sp³-hybridized carbons (Fsp3) is 0.533. The Morgan fingerprint density at radius 3 is 2.84 bits per heavy atom. The highest BCUT2D eigenvalue weighted by atomic mass is 16.6. The number of hydrogen-bond acceptors (Lipinski definition) is 3. The van der Waals surface area contributed by atoms with E-state index in [9.17, 15) is 4.79 Å². The molecule has 4 nitrogen and oxygen atoms in total. The molecule has 104 valence electrons. The Bertz CT molecular complexity index is 457. The number of rotatable bonds is 3. The zero-order chi connectivity index (χ0) is 13.8. The van der Waals surface area contributed by atoms with E-state index in [1.807, 2.05) is 30.0 Å². The minimum absolute atomic E-state index is 0.0878. The van der Waals surface area contributed by atoms with Crippen LogP contribution in [-0.4, -0.2) is 30.0 Å². The van der Waals surface area contributed by atoms with E-state index < -0.39 is 0 Å². The molecule has 1 unspecified atom stereocenters. The quantitative estimate of drug-likeness (QED) is 0.849. The van der Waals surface area contributed by atoms with Crippen LogP contribution in [0, 0.1) is 13.8 Å². The van der Waals surface area contributed by atoms with Gasteiger partial charge in [0.25, 0.3) is 5.91 Å². The lowest BCUT2D eigenvalue weighted by atomic mass is 10.00. The summed E-state index contributed by atoms with van der Waals surface area (Å²) in [6.07, 6.45) is 3.15. The summed E-state index contributed by atoms with van der Waals surface area (Å²) in [5, 5.41) is 0. The maximum atomic E-state index is 12.6. The number of aryl methyl sites for hydroxylation is 2. The van der Waals surface area contributed by atoms with E-state index in [0.717, 1.165) is 36.9 Å². The third-order valence-electron chi connectivity index (χ3n) is 3.93. The van der Waals surface area contributed by atoms with Crippen LogP contribution < -0.4 is 5.90 Å². The van der Waals surface area contributed by atoms with Gasteiger partial charge in [-0.15, -0.1) is 0 Å². The number of likely N-dealkylation sites (tertiary alicyclic amines) is 1. The van der Waals surface area contributed by atoms with Crippen molar-refractivity contribution < 1.29 is 9.63 Å². The van der Waals surface area contributed by atoms with E-state index in [0.29, 0.717) is 6.61 Å². The van der Waals surface area contributed by atoms with Gasteiger partial charge in [-0.2, -0.15) is 0 Å². The molecule has 0 aromatic heterocycles. The number of nitrogens with two attached hydrogens (primary N) is 1. The topological polar surface area (TPSA) is 55.6 Å². The minimum Gasteiger partial charge on any atom is -0.333 e. The highest BCUT2D eigenvalue weighted by Gasteiger charge is 2.27. The van der Waals surface area contributed by atoms with E-state index in [-0.39, 0.29) is 11.9 Å². The number of carbonyl (C=O) groups excluding carboxylic acids is 1. The van der Waals surface area contributed by atoms with Crippen molar-refractivity contribution in [1.82, 2.24) is 4.90 Å². The lowest BCUT2D eigenvalue weighted by molar-refractivity contribution is 0.0313. The Balaban J connectivity index is 2.18. The summed E-state index contributed by atoms with van der Waals surface area (Å²) in [7, 11) is 0. The van der Waals surface area contributed by atoms with Crippen LogP contribution in [0.25, 0.3) is 0 Å². The molecule has 19 heavy (non-hydrogen) atoms. The summed E-state index contributed by atoms with van der Waals surface area (Å²) in [5.74, 6) is 5.25. The predicted octanol–water partition coefficient (Wildman–Crippen LogP) is 2.19. The molecule has 1 aliphatic rings. The van der Waals surface area contributed by atoms with Crippen molar-refractivity contribution >= 4 is 5.91 Å². The van der Waals surface area contributed by atoms with Crippen molar-refractivity contribution in [2.24, 2.45) is 5.90 Å². The highest BCUT2D eigenvalue weighted by molar-refractivity contribution is 5.94. The highest BCUT2D eigenvalue weighted by Crippen LogP contribution is 2.21. The first-order chi connectivity index (χ1) is 9.13. The molecule has 0 radical (unpaired) electrons. The number of amides is 1. The van der Waals surface area contributed by atoms with Crippen LogP contribution in [0.5, 0.6) is 0 Å². The molecule has 1 atom stereocenters. The summed E-state index contributed by atoms with van der Waals surface area (Å²) >= 11 is 0. The van der Waals surface area contributed by atoms with Gasteiger partial charge < -0.3 is 9.74 Å².